The van der Waals surface area contributed by atoms with Crippen molar-refractivity contribution in [1.29, 1.82) is 0 Å². The molecular formula is C17H24N2. The van der Waals surface area contributed by atoms with Crippen LogP contribution < -0.4 is 5.32 Å². The highest BCUT2D eigenvalue weighted by molar-refractivity contribution is 5.81. The van der Waals surface area contributed by atoms with E-state index in [4.69, 9.17) is 0 Å². The molecule has 102 valence electrons. The molecule has 2 nitrogen and oxygen atoms in total. The fraction of sp³-hybridized carbons (Fsp3) is 0.471. The SMILES string of the molecule is CCCC(C)CNCCc1cccc2cccnc12. The Balaban J connectivity index is 1.88. The molecule has 1 atom stereocenters. The van der Waals surface area contributed by atoms with E-state index in [-0.39, 0.29) is 0 Å². The first-order valence-electron chi connectivity index (χ1n) is 7.34. The van der Waals surface area contributed by atoms with Gasteiger partial charge in [0, 0.05) is 11.6 Å². The van der Waals surface area contributed by atoms with Gasteiger partial charge >= 0.3 is 0 Å². The van der Waals surface area contributed by atoms with E-state index >= 15 is 0 Å². The van der Waals surface area contributed by atoms with E-state index in [1.807, 2.05) is 12.3 Å². The first-order chi connectivity index (χ1) is 9.31. The van der Waals surface area contributed by atoms with Gasteiger partial charge < -0.3 is 5.32 Å². The lowest BCUT2D eigenvalue weighted by Gasteiger charge is -2.11. The van der Waals surface area contributed by atoms with Crippen molar-refractivity contribution in [2.75, 3.05) is 13.1 Å². The van der Waals surface area contributed by atoms with Gasteiger partial charge in [-0.2, -0.15) is 0 Å². The fourth-order valence-electron chi connectivity index (χ4n) is 2.54. The summed E-state index contributed by atoms with van der Waals surface area (Å²) in [6.07, 6.45) is 5.51. The van der Waals surface area contributed by atoms with Crippen LogP contribution in [-0.2, 0) is 6.42 Å². The molecule has 1 N–H and O–H groups in total. The standard InChI is InChI=1S/C17H24N2/c1-3-6-14(2)13-18-12-10-16-8-4-7-15-9-5-11-19-17(15)16/h4-5,7-9,11,14,18H,3,6,10,12-13H2,1-2H3. The summed E-state index contributed by atoms with van der Waals surface area (Å²) in [7, 11) is 0. The van der Waals surface area contributed by atoms with Gasteiger partial charge in [0.15, 0.2) is 0 Å². The molecule has 0 saturated heterocycles. The van der Waals surface area contributed by atoms with Gasteiger partial charge in [0.1, 0.15) is 0 Å². The van der Waals surface area contributed by atoms with Gasteiger partial charge in [0.05, 0.1) is 5.52 Å². The Bertz CT molecular complexity index is 502. The van der Waals surface area contributed by atoms with Crippen LogP contribution in [0.3, 0.4) is 0 Å². The molecule has 0 spiro atoms. The molecule has 19 heavy (non-hydrogen) atoms. The van der Waals surface area contributed by atoms with Crippen molar-refractivity contribution in [1.82, 2.24) is 10.3 Å². The molecule has 1 heterocycles. The van der Waals surface area contributed by atoms with Crippen LogP contribution in [0.2, 0.25) is 0 Å². The minimum absolute atomic E-state index is 0.774. The van der Waals surface area contributed by atoms with E-state index in [9.17, 15) is 0 Å². The maximum absolute atomic E-state index is 4.50. The number of fused-ring (bicyclic) bond motifs is 1. The maximum atomic E-state index is 4.50. The lowest BCUT2D eigenvalue weighted by Crippen LogP contribution is -2.23. The van der Waals surface area contributed by atoms with Crippen LogP contribution in [-0.4, -0.2) is 18.1 Å². The van der Waals surface area contributed by atoms with E-state index in [1.54, 1.807) is 0 Å². The van der Waals surface area contributed by atoms with Gasteiger partial charge in [0.2, 0.25) is 0 Å². The van der Waals surface area contributed by atoms with Crippen molar-refractivity contribution in [3.63, 3.8) is 0 Å². The molecule has 0 radical (unpaired) electrons. The van der Waals surface area contributed by atoms with Crippen molar-refractivity contribution in [3.05, 3.63) is 42.1 Å². The highest BCUT2D eigenvalue weighted by atomic mass is 14.8. The van der Waals surface area contributed by atoms with Crippen molar-refractivity contribution >= 4 is 10.9 Å². The third-order valence-corrected chi connectivity index (χ3v) is 3.56. The number of benzene rings is 1. The quantitative estimate of drug-likeness (QED) is 0.762. The zero-order chi connectivity index (χ0) is 13.5. The van der Waals surface area contributed by atoms with Crippen LogP contribution in [0, 0.1) is 5.92 Å². The second-order valence-electron chi connectivity index (χ2n) is 5.34. The minimum Gasteiger partial charge on any atom is -0.316 e. The summed E-state index contributed by atoms with van der Waals surface area (Å²) in [6.45, 7) is 6.71. The fourth-order valence-corrected chi connectivity index (χ4v) is 2.54. The largest absolute Gasteiger partial charge is 0.316 e. The van der Waals surface area contributed by atoms with Gasteiger partial charge in [-0.05, 0) is 43.5 Å². The Morgan fingerprint density at radius 2 is 2.05 bits per heavy atom. The van der Waals surface area contributed by atoms with Crippen molar-refractivity contribution in [2.24, 2.45) is 5.92 Å². The zero-order valence-electron chi connectivity index (χ0n) is 12.0. The summed E-state index contributed by atoms with van der Waals surface area (Å²) in [6, 6.07) is 10.6. The van der Waals surface area contributed by atoms with E-state index in [0.29, 0.717) is 0 Å². The second-order valence-corrected chi connectivity index (χ2v) is 5.34. The molecule has 0 fully saturated rings. The molecule has 1 aromatic heterocycles. The zero-order valence-corrected chi connectivity index (χ0v) is 12.0. The minimum atomic E-state index is 0.774. The highest BCUT2D eigenvalue weighted by Gasteiger charge is 2.02. The molecule has 1 aromatic carbocycles. The third-order valence-electron chi connectivity index (χ3n) is 3.56. The number of hydrogen-bond acceptors (Lipinski definition) is 2. The average molecular weight is 256 g/mol. The molecule has 0 bridgehead atoms. The van der Waals surface area contributed by atoms with Gasteiger partial charge in [-0.1, -0.05) is 44.5 Å². The molecule has 0 aliphatic carbocycles. The topological polar surface area (TPSA) is 24.9 Å². The van der Waals surface area contributed by atoms with Crippen LogP contribution in [0.15, 0.2) is 36.5 Å². The number of aromatic nitrogens is 1. The smallest absolute Gasteiger partial charge is 0.0734 e. The van der Waals surface area contributed by atoms with E-state index < -0.39 is 0 Å². The first-order valence-corrected chi connectivity index (χ1v) is 7.34. The molecule has 0 amide bonds. The van der Waals surface area contributed by atoms with Gasteiger partial charge in [-0.25, -0.2) is 0 Å². The highest BCUT2D eigenvalue weighted by Crippen LogP contribution is 2.16. The Morgan fingerprint density at radius 3 is 2.89 bits per heavy atom. The van der Waals surface area contributed by atoms with Crippen LogP contribution in [0.1, 0.15) is 32.3 Å². The lowest BCUT2D eigenvalue weighted by molar-refractivity contribution is 0.478. The van der Waals surface area contributed by atoms with Crippen LogP contribution in [0.25, 0.3) is 10.9 Å². The third kappa shape index (κ3) is 4.03. The average Bonchev–Trinajstić information content (AvgIpc) is 2.44. The monoisotopic (exact) mass is 256 g/mol. The molecular weight excluding hydrogens is 232 g/mol. The molecule has 0 saturated carbocycles. The summed E-state index contributed by atoms with van der Waals surface area (Å²) < 4.78 is 0. The van der Waals surface area contributed by atoms with E-state index in [0.717, 1.165) is 30.9 Å². The molecule has 2 heteroatoms. The summed E-state index contributed by atoms with van der Waals surface area (Å²) in [5, 5.41) is 4.79. The molecule has 2 aromatic rings. The van der Waals surface area contributed by atoms with Crippen LogP contribution in [0.5, 0.6) is 0 Å². The van der Waals surface area contributed by atoms with Crippen molar-refractivity contribution in [3.8, 4) is 0 Å². The van der Waals surface area contributed by atoms with E-state index in [1.165, 1.54) is 23.8 Å². The molecule has 0 aliphatic rings. The van der Waals surface area contributed by atoms with E-state index in [2.05, 4.69) is 48.4 Å². The summed E-state index contributed by atoms with van der Waals surface area (Å²) in [5.74, 6) is 0.774. The number of pyridine rings is 1. The Morgan fingerprint density at radius 1 is 1.21 bits per heavy atom. The lowest BCUT2D eigenvalue weighted by atomic mass is 10.1. The summed E-state index contributed by atoms with van der Waals surface area (Å²) in [5.41, 5.74) is 2.49. The molecule has 1 unspecified atom stereocenters. The molecule has 0 aliphatic heterocycles. The predicted octanol–water partition coefficient (Wildman–Crippen LogP) is 3.80. The van der Waals surface area contributed by atoms with Gasteiger partial charge in [0.25, 0.3) is 0 Å². The van der Waals surface area contributed by atoms with Crippen molar-refractivity contribution < 1.29 is 0 Å². The predicted molar refractivity (Wildman–Crippen MR) is 82.4 cm³/mol. The number of para-hydroxylation sites is 1. The molecule has 2 rings (SSSR count). The van der Waals surface area contributed by atoms with Crippen molar-refractivity contribution in [2.45, 2.75) is 33.1 Å². The Hall–Kier alpha value is -1.41. The number of hydrogen-bond donors (Lipinski definition) is 1. The Labute approximate surface area is 116 Å². The maximum Gasteiger partial charge on any atom is 0.0734 e. The normalized spacial score (nSPS) is 12.7. The number of rotatable bonds is 7. The first kappa shape index (κ1) is 14.0. The van der Waals surface area contributed by atoms with Gasteiger partial charge in [-0.3, -0.25) is 4.98 Å². The Kier molecular flexibility index (Phi) is 5.34. The van der Waals surface area contributed by atoms with Crippen LogP contribution in [0.4, 0.5) is 0 Å². The van der Waals surface area contributed by atoms with Gasteiger partial charge in [-0.15, -0.1) is 0 Å². The second kappa shape index (κ2) is 7.25. The number of nitrogens with zero attached hydrogens (tertiary/aromatic N) is 1. The summed E-state index contributed by atoms with van der Waals surface area (Å²) >= 11 is 0. The summed E-state index contributed by atoms with van der Waals surface area (Å²) in [4.78, 5) is 4.50. The number of nitrogens with one attached hydrogen (secondary N) is 1. The van der Waals surface area contributed by atoms with Crippen LogP contribution >= 0.6 is 0 Å².